The van der Waals surface area contributed by atoms with E-state index in [1.54, 1.807) is 30.3 Å². The van der Waals surface area contributed by atoms with Crippen molar-refractivity contribution in [3.05, 3.63) is 52.6 Å². The van der Waals surface area contributed by atoms with E-state index >= 15 is 0 Å². The molecule has 29 heavy (non-hydrogen) atoms. The van der Waals surface area contributed by atoms with Crippen molar-refractivity contribution >= 4 is 11.1 Å². The van der Waals surface area contributed by atoms with Crippen molar-refractivity contribution in [2.24, 2.45) is 0 Å². The van der Waals surface area contributed by atoms with Crippen LogP contribution in [0.4, 0.5) is 0 Å². The Hall–Kier alpha value is -2.48. The SMILES string of the molecule is [2H]C([2H])([2H])C([2H])([2H])C([2H])([2H])CCc1ccc(-c2cc3cn([C@H]4C[C@H](O)[C@@H](CO)O4)c(=O)nc3o2)cc1. The number of aliphatic hydroxyl groups is 2. The van der Waals surface area contributed by atoms with Gasteiger partial charge in [0.05, 0.1) is 18.1 Å². The maximum Gasteiger partial charge on any atom is 0.353 e. The lowest BCUT2D eigenvalue weighted by atomic mass is 10.0. The van der Waals surface area contributed by atoms with Gasteiger partial charge in [-0.25, -0.2) is 4.79 Å². The Labute approximate surface area is 178 Å². The number of furan rings is 1. The maximum atomic E-state index is 12.5. The van der Waals surface area contributed by atoms with Gasteiger partial charge in [-0.1, -0.05) is 43.9 Å². The fourth-order valence-corrected chi connectivity index (χ4v) is 3.43. The molecule has 4 rings (SSSR count). The number of ether oxygens (including phenoxy) is 1. The number of aliphatic hydroxyl groups excluding tert-OH is 2. The summed E-state index contributed by atoms with van der Waals surface area (Å²) in [6.45, 7) is -3.45. The number of rotatable bonds is 7. The first-order valence-electron chi connectivity index (χ1n) is 12.8. The van der Waals surface area contributed by atoms with E-state index < -0.39 is 43.7 Å². The summed E-state index contributed by atoms with van der Waals surface area (Å²) >= 11 is 0. The van der Waals surface area contributed by atoms with Crippen LogP contribution in [0.25, 0.3) is 22.4 Å². The van der Waals surface area contributed by atoms with E-state index in [9.17, 15) is 15.0 Å². The highest BCUT2D eigenvalue weighted by atomic mass is 16.5. The summed E-state index contributed by atoms with van der Waals surface area (Å²) in [7, 11) is 0. The average molecular weight is 406 g/mol. The van der Waals surface area contributed by atoms with Crippen molar-refractivity contribution in [2.45, 2.75) is 57.3 Å². The molecular formula is C22H26N2O5. The summed E-state index contributed by atoms with van der Waals surface area (Å²) in [5.74, 6) is 0.427. The standard InChI is InChI=1S/C22H26N2O5/c1-2-3-4-5-14-6-8-15(9-7-14)18-10-16-12-24(22(27)23-21(16)29-18)20-11-17(26)19(13-25)28-20/h6-10,12,17,19-20,25-26H,2-5,11,13H2,1H3/t17-,19+,20+/m0/s1/i1D3,2D2,3D2. The summed E-state index contributed by atoms with van der Waals surface area (Å²) < 4.78 is 65.7. The first-order valence-corrected chi connectivity index (χ1v) is 9.30. The fourth-order valence-electron chi connectivity index (χ4n) is 3.43. The van der Waals surface area contributed by atoms with E-state index in [0.29, 0.717) is 22.3 Å². The first kappa shape index (κ1) is 13.0. The highest BCUT2D eigenvalue weighted by Gasteiger charge is 2.35. The molecule has 0 bridgehead atoms. The van der Waals surface area contributed by atoms with Crippen molar-refractivity contribution in [1.82, 2.24) is 9.55 Å². The molecule has 1 aromatic carbocycles. The van der Waals surface area contributed by atoms with Crippen LogP contribution in [0.1, 0.15) is 53.8 Å². The number of hydrogen-bond acceptors (Lipinski definition) is 6. The Morgan fingerprint density at radius 2 is 2.21 bits per heavy atom. The van der Waals surface area contributed by atoms with E-state index in [-0.39, 0.29) is 31.6 Å². The van der Waals surface area contributed by atoms with E-state index in [0.717, 1.165) is 0 Å². The van der Waals surface area contributed by atoms with Gasteiger partial charge in [-0.2, -0.15) is 4.98 Å². The quantitative estimate of drug-likeness (QED) is 0.627. The van der Waals surface area contributed by atoms with E-state index in [2.05, 4.69) is 4.98 Å². The van der Waals surface area contributed by atoms with Crippen LogP contribution in [0, 0.1) is 0 Å². The Morgan fingerprint density at radius 1 is 1.38 bits per heavy atom. The minimum atomic E-state index is -3.08. The number of aromatic nitrogens is 2. The van der Waals surface area contributed by atoms with Crippen molar-refractivity contribution in [1.29, 1.82) is 0 Å². The van der Waals surface area contributed by atoms with Crippen LogP contribution in [0.2, 0.25) is 0 Å². The summed E-state index contributed by atoms with van der Waals surface area (Å²) in [6.07, 6.45) is -6.51. The zero-order valence-electron chi connectivity index (χ0n) is 22.5. The third kappa shape index (κ3) is 4.12. The molecular weight excluding hydrogens is 372 g/mol. The molecule has 2 N–H and O–H groups in total. The fraction of sp³-hybridized carbons (Fsp3) is 0.455. The third-order valence-electron chi connectivity index (χ3n) is 5.00. The molecule has 1 aliphatic heterocycles. The molecule has 0 aliphatic carbocycles. The molecule has 3 atom stereocenters. The third-order valence-corrected chi connectivity index (χ3v) is 5.00. The van der Waals surface area contributed by atoms with Gasteiger partial charge in [0, 0.05) is 27.8 Å². The topological polar surface area (TPSA) is 97.7 Å². The molecule has 7 nitrogen and oxygen atoms in total. The van der Waals surface area contributed by atoms with E-state index in [1.165, 1.54) is 10.8 Å². The zero-order chi connectivity index (χ0) is 26.5. The minimum Gasteiger partial charge on any atom is -0.437 e. The molecule has 0 saturated carbocycles. The monoisotopic (exact) mass is 405 g/mol. The van der Waals surface area contributed by atoms with Gasteiger partial charge in [0.25, 0.3) is 0 Å². The molecule has 154 valence electrons. The number of fused-ring (bicyclic) bond motifs is 1. The Morgan fingerprint density at radius 3 is 2.93 bits per heavy atom. The molecule has 0 spiro atoms. The number of hydrogen-bond donors (Lipinski definition) is 2. The van der Waals surface area contributed by atoms with Gasteiger partial charge >= 0.3 is 5.69 Å². The lowest BCUT2D eigenvalue weighted by Crippen LogP contribution is -2.27. The van der Waals surface area contributed by atoms with Gasteiger partial charge < -0.3 is 19.4 Å². The highest BCUT2D eigenvalue weighted by Crippen LogP contribution is 2.30. The predicted octanol–water partition coefficient (Wildman–Crippen LogP) is 3.03. The van der Waals surface area contributed by atoms with Crippen LogP contribution in [0.15, 0.2) is 45.7 Å². The second kappa shape index (κ2) is 8.49. The molecule has 7 heteroatoms. The Kier molecular flexibility index (Phi) is 3.79. The molecule has 3 heterocycles. The average Bonchev–Trinajstić information content (AvgIpc) is 3.39. The zero-order valence-corrected chi connectivity index (χ0v) is 15.5. The van der Waals surface area contributed by atoms with Gasteiger partial charge in [-0.15, -0.1) is 0 Å². The molecule has 0 amide bonds. The maximum absolute atomic E-state index is 12.5. The molecule has 0 radical (unpaired) electrons. The second-order valence-corrected chi connectivity index (χ2v) is 6.92. The molecule has 2 aromatic heterocycles. The molecule has 3 aromatic rings. The van der Waals surface area contributed by atoms with Crippen LogP contribution in [-0.2, 0) is 11.2 Å². The van der Waals surface area contributed by atoms with Gasteiger partial charge in [0.1, 0.15) is 18.1 Å². The van der Waals surface area contributed by atoms with Crippen molar-refractivity contribution in [3.63, 3.8) is 0 Å². The minimum absolute atomic E-state index is 0.118. The Balaban J connectivity index is 1.50. The van der Waals surface area contributed by atoms with Gasteiger partial charge in [-0.3, -0.25) is 4.57 Å². The molecule has 1 aliphatic rings. The highest BCUT2D eigenvalue weighted by molar-refractivity contribution is 5.79. The van der Waals surface area contributed by atoms with E-state index in [1.807, 2.05) is 0 Å². The number of aryl methyl sites for hydroxylation is 1. The van der Waals surface area contributed by atoms with E-state index in [4.69, 9.17) is 18.7 Å². The summed E-state index contributed by atoms with van der Waals surface area (Å²) in [4.78, 5) is 16.4. The molecule has 1 fully saturated rings. The van der Waals surface area contributed by atoms with Crippen LogP contribution in [0.5, 0.6) is 0 Å². The lowest BCUT2D eigenvalue weighted by Gasteiger charge is -2.13. The first-order chi connectivity index (χ1) is 16.7. The summed E-state index contributed by atoms with van der Waals surface area (Å²) in [6, 6.07) is 8.54. The molecule has 1 saturated heterocycles. The van der Waals surface area contributed by atoms with Crippen LogP contribution in [0.3, 0.4) is 0 Å². The predicted molar refractivity (Wildman–Crippen MR) is 109 cm³/mol. The lowest BCUT2D eigenvalue weighted by molar-refractivity contribution is -0.0457. The largest absolute Gasteiger partial charge is 0.437 e. The Bertz CT molecular complexity index is 1290. The van der Waals surface area contributed by atoms with Crippen LogP contribution < -0.4 is 5.69 Å². The van der Waals surface area contributed by atoms with Gasteiger partial charge in [0.15, 0.2) is 0 Å². The van der Waals surface area contributed by atoms with Gasteiger partial charge in [0.2, 0.25) is 5.71 Å². The summed E-state index contributed by atoms with van der Waals surface area (Å²) in [5, 5.41) is 19.8. The second-order valence-electron chi connectivity index (χ2n) is 6.92. The normalized spacial score (nSPS) is 26.8. The van der Waals surface area contributed by atoms with Crippen molar-refractivity contribution < 1.29 is 29.0 Å². The van der Waals surface area contributed by atoms with Crippen LogP contribution in [-0.4, -0.2) is 38.6 Å². The molecule has 0 unspecified atom stereocenters. The van der Waals surface area contributed by atoms with Crippen molar-refractivity contribution in [3.8, 4) is 11.3 Å². The van der Waals surface area contributed by atoms with Crippen molar-refractivity contribution in [2.75, 3.05) is 6.61 Å². The smallest absolute Gasteiger partial charge is 0.353 e. The number of benzene rings is 1. The van der Waals surface area contributed by atoms with Crippen LogP contribution >= 0.6 is 0 Å². The summed E-state index contributed by atoms with van der Waals surface area (Å²) in [5.41, 5.74) is 0.839. The number of nitrogens with zero attached hydrogens (tertiary/aromatic N) is 2. The van der Waals surface area contributed by atoms with Gasteiger partial charge in [-0.05, 0) is 24.5 Å².